The Bertz CT molecular complexity index is 784. The van der Waals surface area contributed by atoms with Crippen molar-refractivity contribution in [1.82, 2.24) is 9.88 Å². The van der Waals surface area contributed by atoms with Gasteiger partial charge in [0.1, 0.15) is 17.9 Å². The second-order valence-corrected chi connectivity index (χ2v) is 5.04. The third-order valence-electron chi connectivity index (χ3n) is 3.31. The highest BCUT2D eigenvalue weighted by Crippen LogP contribution is 2.25. The molecule has 0 unspecified atom stereocenters. The summed E-state index contributed by atoms with van der Waals surface area (Å²) < 4.78 is 52.0. The monoisotopic (exact) mass is 342 g/mol. The number of benzene rings is 1. The van der Waals surface area contributed by atoms with Gasteiger partial charge in [-0.1, -0.05) is 18.2 Å². The molecule has 2 aromatic rings. The summed E-state index contributed by atoms with van der Waals surface area (Å²) in [4.78, 5) is 23.5. The van der Waals surface area contributed by atoms with Crippen LogP contribution in [0.3, 0.4) is 0 Å². The quantitative estimate of drug-likeness (QED) is 0.848. The van der Waals surface area contributed by atoms with Gasteiger partial charge in [-0.3, -0.25) is 9.59 Å². The molecule has 1 aromatic heterocycles. The first-order chi connectivity index (χ1) is 11.3. The maximum atomic E-state index is 13.4. The van der Waals surface area contributed by atoms with E-state index in [0.29, 0.717) is 16.2 Å². The molecule has 0 aliphatic carbocycles. The van der Waals surface area contributed by atoms with Gasteiger partial charge in [-0.2, -0.15) is 13.2 Å². The fourth-order valence-corrected chi connectivity index (χ4v) is 2.13. The van der Waals surface area contributed by atoms with Crippen LogP contribution in [0.4, 0.5) is 17.6 Å². The second-order valence-electron chi connectivity index (χ2n) is 5.04. The first kappa shape index (κ1) is 17.7. The van der Waals surface area contributed by atoms with E-state index in [-0.39, 0.29) is 13.0 Å². The first-order valence-corrected chi connectivity index (χ1v) is 7.06. The number of nitrogens with zero attached hydrogens (tertiary/aromatic N) is 1. The van der Waals surface area contributed by atoms with Gasteiger partial charge >= 0.3 is 6.18 Å². The minimum absolute atomic E-state index is 0.105. The zero-order valence-corrected chi connectivity index (χ0v) is 12.4. The number of carbonyl (C=O) groups is 1. The van der Waals surface area contributed by atoms with Gasteiger partial charge in [-0.05, 0) is 30.2 Å². The highest BCUT2D eigenvalue weighted by molar-refractivity contribution is 5.75. The van der Waals surface area contributed by atoms with E-state index in [2.05, 4.69) is 5.32 Å². The predicted octanol–water partition coefficient (Wildman–Crippen LogP) is 2.37. The fraction of sp³-hybridized carbons (Fsp3) is 0.250. The van der Waals surface area contributed by atoms with Crippen molar-refractivity contribution in [2.75, 3.05) is 6.54 Å². The lowest BCUT2D eigenvalue weighted by molar-refractivity contribution is -0.139. The van der Waals surface area contributed by atoms with Gasteiger partial charge in [0, 0.05) is 12.7 Å². The third kappa shape index (κ3) is 4.43. The number of hydrogen-bond acceptors (Lipinski definition) is 2. The number of aromatic nitrogens is 1. The van der Waals surface area contributed by atoms with Crippen molar-refractivity contribution in [3.8, 4) is 0 Å². The number of hydrogen-bond donors (Lipinski definition) is 1. The molecule has 0 atom stereocenters. The van der Waals surface area contributed by atoms with Gasteiger partial charge in [0.05, 0.1) is 0 Å². The highest BCUT2D eigenvalue weighted by atomic mass is 19.4. The minimum Gasteiger partial charge on any atom is -0.354 e. The van der Waals surface area contributed by atoms with Gasteiger partial charge in [0.15, 0.2) is 0 Å². The van der Waals surface area contributed by atoms with Crippen LogP contribution in [-0.4, -0.2) is 17.0 Å². The van der Waals surface area contributed by atoms with Gasteiger partial charge < -0.3 is 9.88 Å². The van der Waals surface area contributed by atoms with E-state index >= 15 is 0 Å². The topological polar surface area (TPSA) is 51.1 Å². The van der Waals surface area contributed by atoms with Gasteiger partial charge in [-0.25, -0.2) is 4.39 Å². The van der Waals surface area contributed by atoms with Crippen molar-refractivity contribution < 1.29 is 22.4 Å². The Morgan fingerprint density at radius 2 is 1.83 bits per heavy atom. The van der Waals surface area contributed by atoms with E-state index in [0.717, 1.165) is 12.3 Å². The number of halogens is 4. The second kappa shape index (κ2) is 7.29. The molecule has 128 valence electrons. The van der Waals surface area contributed by atoms with Crippen molar-refractivity contribution in [3.63, 3.8) is 0 Å². The molecule has 0 fully saturated rings. The van der Waals surface area contributed by atoms with Crippen LogP contribution < -0.4 is 10.9 Å². The summed E-state index contributed by atoms with van der Waals surface area (Å²) in [6.45, 7) is -0.437. The predicted molar refractivity (Wildman–Crippen MR) is 78.8 cm³/mol. The molecule has 2 rings (SSSR count). The summed E-state index contributed by atoms with van der Waals surface area (Å²) in [5.74, 6) is -1.03. The summed E-state index contributed by atoms with van der Waals surface area (Å²) in [5, 5.41) is 2.45. The van der Waals surface area contributed by atoms with Crippen LogP contribution in [0.1, 0.15) is 11.1 Å². The summed E-state index contributed by atoms with van der Waals surface area (Å²) in [6, 6.07) is 7.77. The molecule has 0 saturated heterocycles. The lowest BCUT2D eigenvalue weighted by Crippen LogP contribution is -2.35. The number of nitrogens with one attached hydrogen (secondary N) is 1. The van der Waals surface area contributed by atoms with E-state index in [1.54, 1.807) is 12.1 Å². The molecular weight excluding hydrogens is 328 g/mol. The van der Waals surface area contributed by atoms with Crippen LogP contribution in [0.5, 0.6) is 0 Å². The van der Waals surface area contributed by atoms with Crippen molar-refractivity contribution in [2.24, 2.45) is 0 Å². The SMILES string of the molecule is O=C(Cn1cccc(C(F)(F)F)c1=O)NCCc1ccccc1F. The van der Waals surface area contributed by atoms with Gasteiger partial charge in [-0.15, -0.1) is 0 Å². The zero-order chi connectivity index (χ0) is 17.7. The van der Waals surface area contributed by atoms with Crippen molar-refractivity contribution in [3.05, 3.63) is 69.9 Å². The molecule has 8 heteroatoms. The fourth-order valence-electron chi connectivity index (χ4n) is 2.13. The molecule has 0 saturated carbocycles. The lowest BCUT2D eigenvalue weighted by Gasteiger charge is -2.10. The van der Waals surface area contributed by atoms with E-state index < -0.39 is 35.6 Å². The smallest absolute Gasteiger partial charge is 0.354 e. The van der Waals surface area contributed by atoms with Crippen molar-refractivity contribution in [2.45, 2.75) is 19.1 Å². The Balaban J connectivity index is 1.96. The molecule has 1 aromatic carbocycles. The molecule has 0 radical (unpaired) electrons. The Labute approximate surface area is 134 Å². The molecule has 1 amide bonds. The number of amides is 1. The highest BCUT2D eigenvalue weighted by Gasteiger charge is 2.34. The summed E-state index contributed by atoms with van der Waals surface area (Å²) in [5.41, 5.74) is -2.20. The van der Waals surface area contributed by atoms with Crippen molar-refractivity contribution >= 4 is 5.91 Å². The maximum absolute atomic E-state index is 13.4. The van der Waals surface area contributed by atoms with Crippen LogP contribution in [0.15, 0.2) is 47.4 Å². The van der Waals surface area contributed by atoms with Crippen molar-refractivity contribution in [1.29, 1.82) is 0 Å². The summed E-state index contributed by atoms with van der Waals surface area (Å²) in [7, 11) is 0. The first-order valence-electron chi connectivity index (χ1n) is 7.06. The number of carbonyl (C=O) groups excluding carboxylic acids is 1. The largest absolute Gasteiger partial charge is 0.421 e. The van der Waals surface area contributed by atoms with E-state index in [9.17, 15) is 27.2 Å². The standard InChI is InChI=1S/C16H14F4N2O2/c17-13-6-2-1-4-11(13)7-8-21-14(23)10-22-9-3-5-12(15(22)24)16(18,19)20/h1-6,9H,7-8,10H2,(H,21,23). The van der Waals surface area contributed by atoms with Crippen LogP contribution in [0.2, 0.25) is 0 Å². The van der Waals surface area contributed by atoms with Crippen LogP contribution in [-0.2, 0) is 23.9 Å². The molecule has 1 heterocycles. The molecule has 0 bridgehead atoms. The van der Waals surface area contributed by atoms with Crippen LogP contribution in [0, 0.1) is 5.82 Å². The Kier molecular flexibility index (Phi) is 5.38. The average molecular weight is 342 g/mol. The third-order valence-corrected chi connectivity index (χ3v) is 3.31. The molecule has 4 nitrogen and oxygen atoms in total. The number of rotatable bonds is 5. The van der Waals surface area contributed by atoms with Gasteiger partial charge in [0.2, 0.25) is 5.91 Å². The van der Waals surface area contributed by atoms with E-state index in [1.807, 2.05) is 0 Å². The Morgan fingerprint density at radius 3 is 2.50 bits per heavy atom. The molecule has 1 N–H and O–H groups in total. The molecule has 24 heavy (non-hydrogen) atoms. The molecule has 0 aliphatic heterocycles. The molecule has 0 aliphatic rings. The molecular formula is C16H14F4N2O2. The van der Waals surface area contributed by atoms with Crippen LogP contribution >= 0.6 is 0 Å². The van der Waals surface area contributed by atoms with Crippen LogP contribution in [0.25, 0.3) is 0 Å². The zero-order valence-electron chi connectivity index (χ0n) is 12.4. The summed E-state index contributed by atoms with van der Waals surface area (Å²) >= 11 is 0. The Morgan fingerprint density at radius 1 is 1.12 bits per heavy atom. The lowest BCUT2D eigenvalue weighted by atomic mass is 10.1. The maximum Gasteiger partial charge on any atom is 0.421 e. The Hall–Kier alpha value is -2.64. The summed E-state index contributed by atoms with van der Waals surface area (Å²) in [6.07, 6.45) is -3.44. The number of pyridine rings is 1. The van der Waals surface area contributed by atoms with E-state index in [4.69, 9.17) is 0 Å². The number of alkyl halides is 3. The normalized spacial score (nSPS) is 11.3. The van der Waals surface area contributed by atoms with Gasteiger partial charge in [0.25, 0.3) is 5.56 Å². The molecule has 0 spiro atoms. The minimum atomic E-state index is -4.78. The average Bonchev–Trinajstić information content (AvgIpc) is 2.50. The van der Waals surface area contributed by atoms with E-state index in [1.165, 1.54) is 12.1 Å².